The van der Waals surface area contributed by atoms with Gasteiger partial charge in [0.25, 0.3) is 0 Å². The summed E-state index contributed by atoms with van der Waals surface area (Å²) in [6.07, 6.45) is -0.323. The van der Waals surface area contributed by atoms with Crippen molar-refractivity contribution >= 4 is 23.4 Å². The van der Waals surface area contributed by atoms with Gasteiger partial charge in [0.2, 0.25) is 0 Å². The predicted octanol–water partition coefficient (Wildman–Crippen LogP) is 2.23. The van der Waals surface area contributed by atoms with E-state index in [4.69, 9.17) is 22.1 Å². The molecule has 0 unspecified atom stereocenters. The first kappa shape index (κ1) is 16.5. The Hall–Kier alpha value is -2.35. The number of amides is 1. The van der Waals surface area contributed by atoms with Crippen molar-refractivity contribution < 1.29 is 9.53 Å². The zero-order valence-corrected chi connectivity index (χ0v) is 14.5. The van der Waals surface area contributed by atoms with Gasteiger partial charge in [0, 0.05) is 13.1 Å². The van der Waals surface area contributed by atoms with Crippen LogP contribution in [0.5, 0.6) is 0 Å². The third-order valence-electron chi connectivity index (χ3n) is 3.54. The average molecular weight is 351 g/mol. The van der Waals surface area contributed by atoms with Crippen molar-refractivity contribution in [2.45, 2.75) is 32.3 Å². The number of halogens is 1. The molecule has 1 amide bonds. The van der Waals surface area contributed by atoms with Crippen LogP contribution in [0.3, 0.4) is 0 Å². The Morgan fingerprint density at radius 3 is 2.71 bits per heavy atom. The maximum Gasteiger partial charge on any atom is 0.410 e. The summed E-state index contributed by atoms with van der Waals surface area (Å²) in [4.78, 5) is 15.0. The van der Waals surface area contributed by atoms with Crippen LogP contribution >= 0.6 is 11.6 Å². The van der Waals surface area contributed by atoms with Gasteiger partial charge in [0.05, 0.1) is 22.3 Å². The largest absolute Gasteiger partial charge is 0.444 e. The molecule has 0 atom stereocenters. The predicted molar refractivity (Wildman–Crippen MR) is 89.1 cm³/mol. The van der Waals surface area contributed by atoms with Gasteiger partial charge in [-0.3, -0.25) is 0 Å². The minimum atomic E-state index is -0.502. The number of benzene rings is 1. The molecule has 1 saturated heterocycles. The summed E-state index contributed by atoms with van der Waals surface area (Å²) in [5.74, 6) is 0.638. The first-order valence-corrected chi connectivity index (χ1v) is 7.94. The van der Waals surface area contributed by atoms with E-state index in [1.807, 2.05) is 20.8 Å². The molecular formula is C15H19ClN6O2. The molecule has 1 aliphatic rings. The number of aromatic nitrogens is 4. The lowest BCUT2D eigenvalue weighted by Gasteiger charge is -2.38. The van der Waals surface area contributed by atoms with Crippen LogP contribution in [-0.2, 0) is 4.74 Å². The fraction of sp³-hybridized carbons (Fsp3) is 0.467. The van der Waals surface area contributed by atoms with E-state index in [1.54, 1.807) is 23.1 Å². The Balaban J connectivity index is 1.63. The number of rotatable bonds is 2. The van der Waals surface area contributed by atoms with Crippen LogP contribution in [0.1, 0.15) is 32.5 Å². The molecule has 9 heteroatoms. The second-order valence-electron chi connectivity index (χ2n) is 6.73. The van der Waals surface area contributed by atoms with Gasteiger partial charge in [-0.25, -0.2) is 4.79 Å². The average Bonchev–Trinajstić information content (AvgIpc) is 2.87. The topological polar surface area (TPSA) is 99.2 Å². The van der Waals surface area contributed by atoms with E-state index in [9.17, 15) is 4.79 Å². The Labute approximate surface area is 144 Å². The van der Waals surface area contributed by atoms with E-state index in [0.29, 0.717) is 35.3 Å². The van der Waals surface area contributed by atoms with E-state index in [1.165, 1.54) is 4.80 Å². The maximum absolute atomic E-state index is 11.9. The minimum absolute atomic E-state index is 0.0518. The molecule has 128 valence electrons. The Bertz CT molecular complexity index is 764. The normalized spacial score (nSPS) is 15.2. The zero-order valence-electron chi connectivity index (χ0n) is 13.7. The van der Waals surface area contributed by atoms with E-state index in [-0.39, 0.29) is 12.0 Å². The Morgan fingerprint density at radius 2 is 2.08 bits per heavy atom. The van der Waals surface area contributed by atoms with Gasteiger partial charge in [0.1, 0.15) is 5.60 Å². The van der Waals surface area contributed by atoms with Gasteiger partial charge in [0.15, 0.2) is 5.82 Å². The van der Waals surface area contributed by atoms with Crippen LogP contribution in [0.4, 0.5) is 10.5 Å². The van der Waals surface area contributed by atoms with Crippen LogP contribution in [0.2, 0.25) is 5.02 Å². The van der Waals surface area contributed by atoms with Crippen LogP contribution in [-0.4, -0.2) is 49.9 Å². The van der Waals surface area contributed by atoms with Crippen LogP contribution in [0.25, 0.3) is 5.69 Å². The molecule has 0 aliphatic carbocycles. The van der Waals surface area contributed by atoms with Gasteiger partial charge in [-0.1, -0.05) is 11.6 Å². The fourth-order valence-corrected chi connectivity index (χ4v) is 2.39. The molecule has 1 fully saturated rings. The Kier molecular flexibility index (Phi) is 4.08. The van der Waals surface area contributed by atoms with Crippen molar-refractivity contribution in [2.75, 3.05) is 18.8 Å². The number of carbonyl (C=O) groups excluding carboxylic acids is 1. The molecule has 0 radical (unpaired) electrons. The van der Waals surface area contributed by atoms with Crippen LogP contribution < -0.4 is 5.73 Å². The second-order valence-corrected chi connectivity index (χ2v) is 7.13. The first-order chi connectivity index (χ1) is 11.2. The summed E-state index contributed by atoms with van der Waals surface area (Å²) in [5, 5.41) is 12.9. The van der Waals surface area contributed by atoms with Gasteiger partial charge in [-0.15, -0.1) is 15.0 Å². The van der Waals surface area contributed by atoms with Crippen molar-refractivity contribution in [1.29, 1.82) is 0 Å². The van der Waals surface area contributed by atoms with Gasteiger partial charge in [-0.2, -0.15) is 0 Å². The summed E-state index contributed by atoms with van der Waals surface area (Å²) in [7, 11) is 0. The smallest absolute Gasteiger partial charge is 0.410 e. The molecule has 0 spiro atoms. The van der Waals surface area contributed by atoms with Crippen LogP contribution in [0, 0.1) is 0 Å². The number of nitrogen functional groups attached to an aromatic ring is 1. The van der Waals surface area contributed by atoms with Gasteiger partial charge < -0.3 is 15.4 Å². The van der Waals surface area contributed by atoms with E-state index in [0.717, 1.165) is 0 Å². The maximum atomic E-state index is 11.9. The van der Waals surface area contributed by atoms with Gasteiger partial charge in [-0.05, 0) is 44.2 Å². The number of hydrogen-bond acceptors (Lipinski definition) is 6. The molecule has 2 N–H and O–H groups in total. The molecule has 2 heterocycles. The third kappa shape index (κ3) is 3.43. The second kappa shape index (κ2) is 5.94. The van der Waals surface area contributed by atoms with Gasteiger partial charge >= 0.3 is 6.09 Å². The van der Waals surface area contributed by atoms with E-state index in [2.05, 4.69) is 15.4 Å². The lowest BCUT2D eigenvalue weighted by molar-refractivity contribution is 0.00750. The summed E-state index contributed by atoms with van der Waals surface area (Å²) in [5.41, 5.74) is 6.41. The minimum Gasteiger partial charge on any atom is -0.444 e. The first-order valence-electron chi connectivity index (χ1n) is 7.56. The number of ether oxygens (including phenoxy) is 1. The van der Waals surface area contributed by atoms with Crippen molar-refractivity contribution in [2.24, 2.45) is 0 Å². The highest BCUT2D eigenvalue weighted by molar-refractivity contribution is 6.33. The number of carbonyl (C=O) groups is 1. The number of likely N-dealkylation sites (tertiary alicyclic amines) is 1. The van der Waals surface area contributed by atoms with Crippen molar-refractivity contribution in [3.63, 3.8) is 0 Å². The summed E-state index contributed by atoms with van der Waals surface area (Å²) in [6, 6.07) is 5.13. The lowest BCUT2D eigenvalue weighted by atomic mass is 10.0. The number of nitrogens with zero attached hydrogens (tertiary/aromatic N) is 5. The fourth-order valence-electron chi connectivity index (χ4n) is 2.27. The molecule has 1 aromatic carbocycles. The monoisotopic (exact) mass is 350 g/mol. The molecular weight excluding hydrogens is 332 g/mol. The molecule has 24 heavy (non-hydrogen) atoms. The van der Waals surface area contributed by atoms with E-state index < -0.39 is 5.60 Å². The van der Waals surface area contributed by atoms with E-state index >= 15 is 0 Å². The number of tetrazole rings is 1. The standard InChI is InChI=1S/C15H19ClN6O2/c1-15(2,3)24-14(23)21-7-9(8-21)13-18-20-22(19-13)10-4-5-11(16)12(17)6-10/h4-6,9H,7-8,17H2,1-3H3. The lowest BCUT2D eigenvalue weighted by Crippen LogP contribution is -2.50. The molecule has 2 aromatic rings. The summed E-state index contributed by atoms with van der Waals surface area (Å²) < 4.78 is 5.32. The molecule has 3 rings (SSSR count). The Morgan fingerprint density at radius 1 is 1.38 bits per heavy atom. The zero-order chi connectivity index (χ0) is 17.5. The summed E-state index contributed by atoms with van der Waals surface area (Å²) in [6.45, 7) is 6.56. The highest BCUT2D eigenvalue weighted by Crippen LogP contribution is 2.26. The SMILES string of the molecule is CC(C)(C)OC(=O)N1CC(c2nnn(-c3ccc(Cl)c(N)c3)n2)C1. The number of anilines is 1. The molecule has 0 saturated carbocycles. The van der Waals surface area contributed by atoms with Crippen molar-refractivity contribution in [1.82, 2.24) is 25.1 Å². The van der Waals surface area contributed by atoms with Crippen molar-refractivity contribution in [3.8, 4) is 5.69 Å². The number of hydrogen-bond donors (Lipinski definition) is 1. The number of nitrogens with two attached hydrogens (primary N) is 1. The molecule has 0 bridgehead atoms. The molecule has 1 aromatic heterocycles. The third-order valence-corrected chi connectivity index (χ3v) is 3.88. The van der Waals surface area contributed by atoms with Crippen LogP contribution in [0.15, 0.2) is 18.2 Å². The summed E-state index contributed by atoms with van der Waals surface area (Å²) >= 11 is 5.91. The molecule has 1 aliphatic heterocycles. The highest BCUT2D eigenvalue weighted by atomic mass is 35.5. The quantitative estimate of drug-likeness (QED) is 0.834. The highest BCUT2D eigenvalue weighted by Gasteiger charge is 2.37. The molecule has 8 nitrogen and oxygen atoms in total. The van der Waals surface area contributed by atoms with Crippen molar-refractivity contribution in [3.05, 3.63) is 29.0 Å².